The molecule has 104 valence electrons. The molecule has 0 aliphatic carbocycles. The SMILES string of the molecule is CCCC(CC(C)CC)C(=O)N1CCC(=O)CC1. The molecule has 2 unspecified atom stereocenters. The summed E-state index contributed by atoms with van der Waals surface area (Å²) in [4.78, 5) is 25.6. The van der Waals surface area contributed by atoms with Gasteiger partial charge in [0.25, 0.3) is 0 Å². The lowest BCUT2D eigenvalue weighted by atomic mass is 9.89. The molecule has 0 aromatic rings. The monoisotopic (exact) mass is 253 g/mol. The maximum absolute atomic E-state index is 12.5. The second-order valence-electron chi connectivity index (χ2n) is 5.60. The van der Waals surface area contributed by atoms with Gasteiger partial charge in [-0.1, -0.05) is 33.6 Å². The van der Waals surface area contributed by atoms with Gasteiger partial charge in [0.05, 0.1) is 0 Å². The molecule has 3 nitrogen and oxygen atoms in total. The average molecular weight is 253 g/mol. The van der Waals surface area contributed by atoms with Crippen LogP contribution in [0.15, 0.2) is 0 Å². The third kappa shape index (κ3) is 4.43. The summed E-state index contributed by atoms with van der Waals surface area (Å²) in [6.45, 7) is 7.81. The van der Waals surface area contributed by atoms with Crippen LogP contribution in [0.2, 0.25) is 0 Å². The molecule has 1 heterocycles. The van der Waals surface area contributed by atoms with Crippen LogP contribution >= 0.6 is 0 Å². The molecule has 2 atom stereocenters. The maximum Gasteiger partial charge on any atom is 0.225 e. The molecule has 18 heavy (non-hydrogen) atoms. The predicted octanol–water partition coefficient (Wildman–Crippen LogP) is 3.03. The second-order valence-corrected chi connectivity index (χ2v) is 5.60. The van der Waals surface area contributed by atoms with Gasteiger partial charge in [-0.2, -0.15) is 0 Å². The van der Waals surface area contributed by atoms with Crippen molar-refractivity contribution in [2.75, 3.05) is 13.1 Å². The number of amides is 1. The normalized spacial score (nSPS) is 19.7. The van der Waals surface area contributed by atoms with E-state index in [2.05, 4.69) is 20.8 Å². The van der Waals surface area contributed by atoms with Gasteiger partial charge in [0.15, 0.2) is 0 Å². The Morgan fingerprint density at radius 3 is 2.39 bits per heavy atom. The average Bonchev–Trinajstić information content (AvgIpc) is 2.38. The van der Waals surface area contributed by atoms with Gasteiger partial charge in [0.2, 0.25) is 5.91 Å². The van der Waals surface area contributed by atoms with Gasteiger partial charge < -0.3 is 4.90 Å². The van der Waals surface area contributed by atoms with Gasteiger partial charge in [-0.25, -0.2) is 0 Å². The molecule has 1 aliphatic heterocycles. The van der Waals surface area contributed by atoms with Gasteiger partial charge in [-0.15, -0.1) is 0 Å². The summed E-state index contributed by atoms with van der Waals surface area (Å²) in [6.07, 6.45) is 5.26. The third-order valence-electron chi connectivity index (χ3n) is 4.00. The highest BCUT2D eigenvalue weighted by Crippen LogP contribution is 2.23. The fraction of sp³-hybridized carbons (Fsp3) is 0.867. The van der Waals surface area contributed by atoms with Crippen molar-refractivity contribution in [3.05, 3.63) is 0 Å². The molecular formula is C15H27NO2. The minimum atomic E-state index is 0.165. The molecule has 1 saturated heterocycles. The Bertz CT molecular complexity index is 278. The number of piperidine rings is 1. The fourth-order valence-corrected chi connectivity index (χ4v) is 2.58. The zero-order chi connectivity index (χ0) is 13.5. The van der Waals surface area contributed by atoms with Gasteiger partial charge >= 0.3 is 0 Å². The van der Waals surface area contributed by atoms with Crippen LogP contribution in [-0.4, -0.2) is 29.7 Å². The van der Waals surface area contributed by atoms with E-state index in [1.165, 1.54) is 0 Å². The van der Waals surface area contributed by atoms with Crippen LogP contribution in [-0.2, 0) is 9.59 Å². The summed E-state index contributed by atoms with van der Waals surface area (Å²) < 4.78 is 0. The molecule has 1 amide bonds. The highest BCUT2D eigenvalue weighted by Gasteiger charge is 2.27. The molecule has 0 radical (unpaired) electrons. The molecule has 0 saturated carbocycles. The van der Waals surface area contributed by atoms with E-state index in [9.17, 15) is 9.59 Å². The lowest BCUT2D eigenvalue weighted by Crippen LogP contribution is -2.42. The molecule has 0 bridgehead atoms. The smallest absolute Gasteiger partial charge is 0.225 e. The summed E-state index contributed by atoms with van der Waals surface area (Å²) in [5.74, 6) is 1.35. The van der Waals surface area contributed by atoms with Gasteiger partial charge in [-0.3, -0.25) is 9.59 Å². The highest BCUT2D eigenvalue weighted by atomic mass is 16.2. The Balaban J connectivity index is 2.55. The lowest BCUT2D eigenvalue weighted by molar-refractivity contribution is -0.139. The number of ketones is 1. The number of rotatable bonds is 6. The van der Waals surface area contributed by atoms with Crippen molar-refractivity contribution in [3.63, 3.8) is 0 Å². The van der Waals surface area contributed by atoms with Crippen LogP contribution in [0.25, 0.3) is 0 Å². The standard InChI is InChI=1S/C15H27NO2/c1-4-6-13(11-12(3)5-2)15(18)16-9-7-14(17)8-10-16/h12-13H,4-11H2,1-3H3. The van der Waals surface area contributed by atoms with E-state index in [1.54, 1.807) is 0 Å². The number of hydrogen-bond acceptors (Lipinski definition) is 2. The van der Waals surface area contributed by atoms with Crippen molar-refractivity contribution in [2.24, 2.45) is 11.8 Å². The van der Waals surface area contributed by atoms with Crippen molar-refractivity contribution in [1.82, 2.24) is 4.90 Å². The van der Waals surface area contributed by atoms with E-state index in [1.807, 2.05) is 4.90 Å². The Kier molecular flexibility index (Phi) is 6.37. The van der Waals surface area contributed by atoms with Crippen molar-refractivity contribution >= 4 is 11.7 Å². The maximum atomic E-state index is 12.5. The van der Waals surface area contributed by atoms with Crippen LogP contribution in [0.3, 0.4) is 0 Å². The quantitative estimate of drug-likeness (QED) is 0.729. The largest absolute Gasteiger partial charge is 0.342 e. The molecule has 1 fully saturated rings. The third-order valence-corrected chi connectivity index (χ3v) is 4.00. The van der Waals surface area contributed by atoms with E-state index in [4.69, 9.17) is 0 Å². The van der Waals surface area contributed by atoms with E-state index in [-0.39, 0.29) is 11.8 Å². The Hall–Kier alpha value is -0.860. The summed E-state index contributed by atoms with van der Waals surface area (Å²) in [6, 6.07) is 0. The lowest BCUT2D eigenvalue weighted by Gasteiger charge is -2.30. The van der Waals surface area contributed by atoms with Crippen LogP contribution in [0.1, 0.15) is 59.3 Å². The van der Waals surface area contributed by atoms with Gasteiger partial charge in [0.1, 0.15) is 5.78 Å². The van der Waals surface area contributed by atoms with Crippen molar-refractivity contribution < 1.29 is 9.59 Å². The molecule has 1 aliphatic rings. The summed E-state index contributed by atoms with van der Waals surface area (Å²) in [5.41, 5.74) is 0. The molecule has 0 spiro atoms. The molecule has 0 aromatic heterocycles. The first-order valence-electron chi connectivity index (χ1n) is 7.38. The minimum absolute atomic E-state index is 0.165. The number of hydrogen-bond donors (Lipinski definition) is 0. The van der Waals surface area contributed by atoms with Crippen LogP contribution < -0.4 is 0 Å². The second kappa shape index (κ2) is 7.55. The fourth-order valence-electron chi connectivity index (χ4n) is 2.58. The van der Waals surface area contributed by atoms with Crippen LogP contribution in [0, 0.1) is 11.8 Å². The van der Waals surface area contributed by atoms with Gasteiger partial charge in [0, 0.05) is 31.8 Å². The Morgan fingerprint density at radius 2 is 1.89 bits per heavy atom. The molecule has 3 heteroatoms. The Morgan fingerprint density at radius 1 is 1.28 bits per heavy atom. The number of likely N-dealkylation sites (tertiary alicyclic amines) is 1. The topological polar surface area (TPSA) is 37.4 Å². The van der Waals surface area contributed by atoms with Crippen LogP contribution in [0.4, 0.5) is 0 Å². The molecule has 0 N–H and O–H groups in total. The first kappa shape index (κ1) is 15.2. The van der Waals surface area contributed by atoms with Crippen molar-refractivity contribution in [1.29, 1.82) is 0 Å². The Labute approximate surface area is 111 Å². The van der Waals surface area contributed by atoms with E-state index < -0.39 is 0 Å². The predicted molar refractivity (Wildman–Crippen MR) is 73.3 cm³/mol. The summed E-state index contributed by atoms with van der Waals surface area (Å²) in [5, 5.41) is 0. The summed E-state index contributed by atoms with van der Waals surface area (Å²) in [7, 11) is 0. The zero-order valence-corrected chi connectivity index (χ0v) is 12.1. The number of nitrogens with zero attached hydrogens (tertiary/aromatic N) is 1. The zero-order valence-electron chi connectivity index (χ0n) is 12.1. The van der Waals surface area contributed by atoms with Gasteiger partial charge in [-0.05, 0) is 18.8 Å². The van der Waals surface area contributed by atoms with E-state index >= 15 is 0 Å². The van der Waals surface area contributed by atoms with E-state index in [0.717, 1.165) is 25.7 Å². The molecule has 1 rings (SSSR count). The minimum Gasteiger partial charge on any atom is -0.342 e. The van der Waals surface area contributed by atoms with Crippen LogP contribution in [0.5, 0.6) is 0 Å². The van der Waals surface area contributed by atoms with Crippen molar-refractivity contribution in [2.45, 2.75) is 59.3 Å². The summed E-state index contributed by atoms with van der Waals surface area (Å²) >= 11 is 0. The van der Waals surface area contributed by atoms with Crippen molar-refractivity contribution in [3.8, 4) is 0 Å². The molecule has 0 aromatic carbocycles. The number of carbonyl (C=O) groups excluding carboxylic acids is 2. The first-order valence-corrected chi connectivity index (χ1v) is 7.38. The van der Waals surface area contributed by atoms with E-state index in [0.29, 0.717) is 37.6 Å². The highest BCUT2D eigenvalue weighted by molar-refractivity contribution is 5.84. The molecular weight excluding hydrogens is 226 g/mol. The first-order chi connectivity index (χ1) is 8.58. The number of Topliss-reactive ketones (excluding diaryl/α,β-unsaturated/α-hetero) is 1. The number of carbonyl (C=O) groups is 2.